The van der Waals surface area contributed by atoms with E-state index in [0.717, 1.165) is 12.5 Å². The van der Waals surface area contributed by atoms with Crippen molar-refractivity contribution in [1.82, 2.24) is 5.32 Å². The van der Waals surface area contributed by atoms with Gasteiger partial charge in [0, 0.05) is 16.9 Å². The molecule has 2 nitrogen and oxygen atoms in total. The van der Waals surface area contributed by atoms with Crippen LogP contribution in [0.5, 0.6) is 0 Å². The molecule has 2 spiro atoms. The molecule has 1 aromatic carbocycles. The predicted molar refractivity (Wildman–Crippen MR) is 94.4 cm³/mol. The molecule has 1 saturated heterocycles. The standard InChI is InChI=1S/C21H31NO/c1-4-5-12-17-18(16-10-7-6-8-11-16)21(20(17)13-9-14-20)22-19(2,3)15-23-21/h6-8,10-11,17-18,22H,4-5,9,12-15H2,1-3H3/t17-,18-,21+/m1/s1. The third-order valence-electron chi connectivity index (χ3n) is 6.75. The molecule has 1 heterocycles. The van der Waals surface area contributed by atoms with Gasteiger partial charge in [-0.2, -0.15) is 0 Å². The highest BCUT2D eigenvalue weighted by Crippen LogP contribution is 2.74. The minimum Gasteiger partial charge on any atom is -0.357 e. The fourth-order valence-corrected chi connectivity index (χ4v) is 5.69. The van der Waals surface area contributed by atoms with Gasteiger partial charge >= 0.3 is 0 Å². The second kappa shape index (κ2) is 5.32. The molecule has 3 atom stereocenters. The molecule has 0 amide bonds. The summed E-state index contributed by atoms with van der Waals surface area (Å²) < 4.78 is 6.62. The Morgan fingerprint density at radius 2 is 1.91 bits per heavy atom. The van der Waals surface area contributed by atoms with Gasteiger partial charge in [-0.25, -0.2) is 0 Å². The minimum absolute atomic E-state index is 0.0886. The van der Waals surface area contributed by atoms with Gasteiger partial charge in [-0.3, -0.25) is 5.32 Å². The van der Waals surface area contributed by atoms with Gasteiger partial charge in [0.25, 0.3) is 0 Å². The Hall–Kier alpha value is -0.860. The van der Waals surface area contributed by atoms with Crippen molar-refractivity contribution in [2.75, 3.05) is 6.61 Å². The highest BCUT2D eigenvalue weighted by molar-refractivity contribution is 5.36. The van der Waals surface area contributed by atoms with E-state index >= 15 is 0 Å². The summed E-state index contributed by atoms with van der Waals surface area (Å²) >= 11 is 0. The first-order chi connectivity index (χ1) is 11.0. The van der Waals surface area contributed by atoms with E-state index in [1.54, 1.807) is 0 Å². The van der Waals surface area contributed by atoms with Crippen molar-refractivity contribution in [3.8, 4) is 0 Å². The summed E-state index contributed by atoms with van der Waals surface area (Å²) in [6.45, 7) is 7.72. The van der Waals surface area contributed by atoms with Crippen LogP contribution in [0.15, 0.2) is 30.3 Å². The second-order valence-electron chi connectivity index (χ2n) is 8.68. The largest absolute Gasteiger partial charge is 0.357 e. The van der Waals surface area contributed by atoms with E-state index in [1.165, 1.54) is 44.1 Å². The third kappa shape index (κ3) is 2.07. The number of hydrogen-bond donors (Lipinski definition) is 1. The summed E-state index contributed by atoms with van der Waals surface area (Å²) in [5.74, 6) is 1.29. The van der Waals surface area contributed by atoms with Gasteiger partial charge in [-0.1, -0.05) is 56.5 Å². The molecule has 1 aromatic rings. The molecule has 3 aliphatic rings. The zero-order chi connectivity index (χ0) is 16.1. The number of hydrogen-bond acceptors (Lipinski definition) is 2. The first kappa shape index (κ1) is 15.7. The van der Waals surface area contributed by atoms with Gasteiger partial charge in [0.2, 0.25) is 0 Å². The molecular formula is C21H31NO. The normalized spacial score (nSPS) is 36.8. The highest BCUT2D eigenvalue weighted by atomic mass is 16.5. The van der Waals surface area contributed by atoms with E-state index in [2.05, 4.69) is 56.4 Å². The van der Waals surface area contributed by atoms with Crippen LogP contribution in [0.4, 0.5) is 0 Å². The number of nitrogens with one attached hydrogen (secondary N) is 1. The van der Waals surface area contributed by atoms with Crippen molar-refractivity contribution in [1.29, 1.82) is 0 Å². The number of fused-ring (bicyclic) bond motifs is 1. The van der Waals surface area contributed by atoms with Crippen LogP contribution in [-0.4, -0.2) is 17.9 Å². The van der Waals surface area contributed by atoms with Gasteiger partial charge in [0.15, 0.2) is 0 Å². The molecule has 3 fully saturated rings. The van der Waals surface area contributed by atoms with Crippen molar-refractivity contribution < 1.29 is 4.74 Å². The van der Waals surface area contributed by atoms with Gasteiger partial charge in [0.05, 0.1) is 6.61 Å². The molecular weight excluding hydrogens is 282 g/mol. The zero-order valence-electron chi connectivity index (χ0n) is 14.9. The molecule has 0 aromatic heterocycles. The van der Waals surface area contributed by atoms with Gasteiger partial charge in [-0.15, -0.1) is 0 Å². The Labute approximate surface area is 141 Å². The third-order valence-corrected chi connectivity index (χ3v) is 6.75. The molecule has 1 N–H and O–H groups in total. The molecule has 23 heavy (non-hydrogen) atoms. The Kier molecular flexibility index (Phi) is 3.62. The van der Waals surface area contributed by atoms with Crippen LogP contribution in [0.3, 0.4) is 0 Å². The fourth-order valence-electron chi connectivity index (χ4n) is 5.69. The fraction of sp³-hybridized carbons (Fsp3) is 0.714. The Balaban J connectivity index is 1.73. The van der Waals surface area contributed by atoms with E-state index in [1.807, 2.05) is 0 Å². The van der Waals surface area contributed by atoms with E-state index in [0.29, 0.717) is 11.3 Å². The number of ether oxygens (including phenoxy) is 1. The van der Waals surface area contributed by atoms with Crippen molar-refractivity contribution in [3.05, 3.63) is 35.9 Å². The summed E-state index contributed by atoms with van der Waals surface area (Å²) in [6, 6.07) is 11.1. The van der Waals surface area contributed by atoms with Gasteiger partial charge < -0.3 is 4.74 Å². The molecule has 126 valence electrons. The Morgan fingerprint density at radius 1 is 1.17 bits per heavy atom. The van der Waals surface area contributed by atoms with Gasteiger partial charge in [-0.05, 0) is 44.6 Å². The number of unbranched alkanes of at least 4 members (excludes halogenated alkanes) is 1. The van der Waals surface area contributed by atoms with Crippen LogP contribution in [0, 0.1) is 11.3 Å². The molecule has 0 unspecified atom stereocenters. The molecule has 2 aliphatic carbocycles. The number of rotatable bonds is 4. The first-order valence-corrected chi connectivity index (χ1v) is 9.53. The monoisotopic (exact) mass is 313 g/mol. The average Bonchev–Trinajstić information content (AvgIpc) is 2.81. The summed E-state index contributed by atoms with van der Waals surface area (Å²) in [5.41, 5.74) is 1.83. The minimum atomic E-state index is -0.117. The van der Waals surface area contributed by atoms with Crippen molar-refractivity contribution in [2.24, 2.45) is 11.3 Å². The molecule has 0 bridgehead atoms. The lowest BCUT2D eigenvalue weighted by Gasteiger charge is -2.72. The quantitative estimate of drug-likeness (QED) is 0.857. The SMILES string of the molecule is CCCC[C@@H]1[C@@H](c2ccccc2)[C@@]2(NC(C)(C)CO2)C12CCC2. The highest BCUT2D eigenvalue weighted by Gasteiger charge is 2.76. The summed E-state index contributed by atoms with van der Waals surface area (Å²) in [7, 11) is 0. The maximum absolute atomic E-state index is 6.62. The maximum atomic E-state index is 6.62. The van der Waals surface area contributed by atoms with Crippen LogP contribution in [0.1, 0.15) is 70.8 Å². The lowest BCUT2D eigenvalue weighted by atomic mass is 9.38. The second-order valence-corrected chi connectivity index (χ2v) is 8.68. The van der Waals surface area contributed by atoms with Crippen LogP contribution >= 0.6 is 0 Å². The lowest BCUT2D eigenvalue weighted by molar-refractivity contribution is -0.284. The first-order valence-electron chi connectivity index (χ1n) is 9.53. The Bertz CT molecular complexity index is 562. The topological polar surface area (TPSA) is 21.3 Å². The van der Waals surface area contributed by atoms with E-state index in [4.69, 9.17) is 4.74 Å². The predicted octanol–water partition coefficient (Wildman–Crippen LogP) is 4.86. The lowest BCUT2D eigenvalue weighted by Crippen LogP contribution is -2.77. The zero-order valence-corrected chi connectivity index (χ0v) is 14.9. The van der Waals surface area contributed by atoms with Gasteiger partial charge in [0.1, 0.15) is 5.72 Å². The molecule has 2 heteroatoms. The summed E-state index contributed by atoms with van der Waals surface area (Å²) in [5, 5.41) is 3.97. The smallest absolute Gasteiger partial charge is 0.132 e. The summed E-state index contributed by atoms with van der Waals surface area (Å²) in [4.78, 5) is 0. The summed E-state index contributed by atoms with van der Waals surface area (Å²) in [6.07, 6.45) is 8.04. The van der Waals surface area contributed by atoms with Crippen LogP contribution in [0.25, 0.3) is 0 Å². The van der Waals surface area contributed by atoms with Crippen LogP contribution < -0.4 is 5.32 Å². The van der Waals surface area contributed by atoms with E-state index < -0.39 is 0 Å². The molecule has 0 radical (unpaired) electrons. The maximum Gasteiger partial charge on any atom is 0.132 e. The van der Waals surface area contributed by atoms with E-state index in [9.17, 15) is 0 Å². The Morgan fingerprint density at radius 3 is 2.43 bits per heavy atom. The van der Waals surface area contributed by atoms with Crippen molar-refractivity contribution in [2.45, 2.75) is 76.5 Å². The van der Waals surface area contributed by atoms with Crippen molar-refractivity contribution >= 4 is 0 Å². The van der Waals surface area contributed by atoms with E-state index in [-0.39, 0.29) is 11.3 Å². The molecule has 2 saturated carbocycles. The number of benzene rings is 1. The molecule has 1 aliphatic heterocycles. The molecule has 4 rings (SSSR count). The average molecular weight is 313 g/mol. The van der Waals surface area contributed by atoms with Crippen molar-refractivity contribution in [3.63, 3.8) is 0 Å². The van der Waals surface area contributed by atoms with Crippen LogP contribution in [0.2, 0.25) is 0 Å². The van der Waals surface area contributed by atoms with Crippen LogP contribution in [-0.2, 0) is 4.74 Å².